The molecule has 0 radical (unpaired) electrons. The van der Waals surface area contributed by atoms with Crippen molar-refractivity contribution < 1.29 is 4.79 Å². The Morgan fingerprint density at radius 1 is 1.46 bits per heavy atom. The smallest absolute Gasteiger partial charge is 0.271 e. The number of aromatic nitrogens is 4. The molecule has 1 aliphatic heterocycles. The number of aromatic amines is 1. The lowest BCUT2D eigenvalue weighted by atomic mass is 10.0. The number of piperidine rings is 1. The number of nitrogens with zero attached hydrogens (tertiary/aromatic N) is 5. The lowest BCUT2D eigenvalue weighted by molar-refractivity contribution is 0.0590. The van der Waals surface area contributed by atoms with Crippen LogP contribution in [-0.4, -0.2) is 37.1 Å². The normalized spacial score (nSPS) is 18.0. The van der Waals surface area contributed by atoms with E-state index in [1.54, 1.807) is 23.9 Å². The van der Waals surface area contributed by atoms with Crippen LogP contribution in [0.25, 0.3) is 0 Å². The lowest BCUT2D eigenvalue weighted by Gasteiger charge is -2.34. The van der Waals surface area contributed by atoms with Gasteiger partial charge in [0.25, 0.3) is 5.91 Å². The van der Waals surface area contributed by atoms with E-state index < -0.39 is 0 Å². The molecule has 3 heterocycles. The van der Waals surface area contributed by atoms with E-state index in [-0.39, 0.29) is 17.9 Å². The molecule has 0 saturated carbocycles. The molecule has 1 unspecified atom stereocenters. The number of hydrogen-bond donors (Lipinski definition) is 1. The molecular weight excluding hydrogens is 304 g/mol. The summed E-state index contributed by atoms with van der Waals surface area (Å²) in [6, 6.07) is 3.64. The van der Waals surface area contributed by atoms with Gasteiger partial charge in [-0.1, -0.05) is 13.8 Å². The van der Waals surface area contributed by atoms with Crippen LogP contribution in [0.3, 0.4) is 0 Å². The van der Waals surface area contributed by atoms with Crippen LogP contribution in [0, 0.1) is 11.3 Å². The van der Waals surface area contributed by atoms with Gasteiger partial charge in [-0.05, 0) is 25.3 Å². The number of hydrogen-bond acceptors (Lipinski definition) is 4. The average Bonchev–Trinajstić information content (AvgIpc) is 3.21. The number of carbonyl (C=O) groups excluding carboxylic acids is 1. The minimum absolute atomic E-state index is 0.0637. The average molecular weight is 326 g/mol. The van der Waals surface area contributed by atoms with Crippen LogP contribution in [0.5, 0.6) is 0 Å². The third kappa shape index (κ3) is 2.92. The van der Waals surface area contributed by atoms with E-state index in [0.29, 0.717) is 17.8 Å². The van der Waals surface area contributed by atoms with Crippen LogP contribution < -0.4 is 0 Å². The predicted molar refractivity (Wildman–Crippen MR) is 88.2 cm³/mol. The summed E-state index contributed by atoms with van der Waals surface area (Å²) in [6.45, 7) is 4.78. The van der Waals surface area contributed by atoms with Gasteiger partial charge in [0.1, 0.15) is 17.6 Å². The second-order valence-electron chi connectivity index (χ2n) is 6.58. The summed E-state index contributed by atoms with van der Waals surface area (Å²) in [5.41, 5.74) is 1.03. The number of rotatable bonds is 3. The molecule has 7 heteroatoms. The molecule has 7 nitrogen and oxygen atoms in total. The second kappa shape index (κ2) is 6.48. The highest BCUT2D eigenvalue weighted by atomic mass is 16.2. The number of carbonyl (C=O) groups is 1. The number of nitrogens with one attached hydrogen (secondary N) is 1. The molecule has 1 atom stereocenters. The van der Waals surface area contributed by atoms with E-state index in [1.165, 1.54) is 0 Å². The standard InChI is InChI=1S/C17H22N6O/c1-11(2)15-19-16(21-20-15)13-6-4-5-7-23(13)17(24)14-8-12(9-18)10-22(14)3/h8,10-11,13H,4-7H2,1-3H3,(H,19,20,21). The molecule has 0 spiro atoms. The zero-order valence-corrected chi connectivity index (χ0v) is 14.3. The third-order valence-corrected chi connectivity index (χ3v) is 4.47. The number of amides is 1. The topological polar surface area (TPSA) is 90.6 Å². The third-order valence-electron chi connectivity index (χ3n) is 4.47. The molecule has 1 fully saturated rings. The summed E-state index contributed by atoms with van der Waals surface area (Å²) in [4.78, 5) is 19.4. The van der Waals surface area contributed by atoms with Crippen LogP contribution in [0.15, 0.2) is 12.3 Å². The van der Waals surface area contributed by atoms with Crippen molar-refractivity contribution in [2.45, 2.75) is 45.1 Å². The van der Waals surface area contributed by atoms with Crippen LogP contribution in [0.4, 0.5) is 0 Å². The zero-order valence-electron chi connectivity index (χ0n) is 14.3. The molecule has 0 aromatic carbocycles. The van der Waals surface area contributed by atoms with E-state index in [0.717, 1.165) is 30.9 Å². The first-order valence-corrected chi connectivity index (χ1v) is 8.31. The quantitative estimate of drug-likeness (QED) is 0.938. The van der Waals surface area contributed by atoms with Crippen molar-refractivity contribution in [3.63, 3.8) is 0 Å². The van der Waals surface area contributed by atoms with Crippen molar-refractivity contribution in [3.8, 4) is 6.07 Å². The highest BCUT2D eigenvalue weighted by Crippen LogP contribution is 2.31. The molecule has 1 amide bonds. The first-order valence-electron chi connectivity index (χ1n) is 8.31. The number of nitriles is 1. The fourth-order valence-corrected chi connectivity index (χ4v) is 3.14. The second-order valence-corrected chi connectivity index (χ2v) is 6.58. The van der Waals surface area contributed by atoms with E-state index in [4.69, 9.17) is 5.26 Å². The van der Waals surface area contributed by atoms with Gasteiger partial charge in [-0.25, -0.2) is 4.98 Å². The summed E-state index contributed by atoms with van der Waals surface area (Å²) in [5.74, 6) is 1.70. The Balaban J connectivity index is 1.90. The van der Waals surface area contributed by atoms with Gasteiger partial charge in [-0.15, -0.1) is 0 Å². The van der Waals surface area contributed by atoms with Crippen LogP contribution >= 0.6 is 0 Å². The molecule has 0 aliphatic carbocycles. The first kappa shape index (κ1) is 16.2. The van der Waals surface area contributed by atoms with E-state index in [2.05, 4.69) is 21.3 Å². The fourth-order valence-electron chi connectivity index (χ4n) is 3.14. The summed E-state index contributed by atoms with van der Waals surface area (Å²) in [7, 11) is 1.79. The van der Waals surface area contributed by atoms with Gasteiger partial charge in [0.05, 0.1) is 11.6 Å². The Hall–Kier alpha value is -2.62. The predicted octanol–water partition coefficient (Wildman–Crippen LogP) is 2.51. The maximum Gasteiger partial charge on any atom is 0.271 e. The maximum atomic E-state index is 13.0. The van der Waals surface area contributed by atoms with Gasteiger partial charge in [0, 0.05) is 25.7 Å². The zero-order chi connectivity index (χ0) is 17.3. The Kier molecular flexibility index (Phi) is 4.38. The Morgan fingerprint density at radius 2 is 2.25 bits per heavy atom. The molecular formula is C17H22N6O. The molecule has 2 aromatic heterocycles. The molecule has 1 N–H and O–H groups in total. The van der Waals surface area contributed by atoms with Crippen molar-refractivity contribution in [2.75, 3.05) is 6.54 Å². The minimum Gasteiger partial charge on any atom is -0.345 e. The van der Waals surface area contributed by atoms with Crippen molar-refractivity contribution in [1.82, 2.24) is 24.6 Å². The van der Waals surface area contributed by atoms with Gasteiger partial charge in [-0.2, -0.15) is 10.4 Å². The number of aryl methyl sites for hydroxylation is 1. The van der Waals surface area contributed by atoms with Crippen molar-refractivity contribution in [2.24, 2.45) is 7.05 Å². The van der Waals surface area contributed by atoms with Crippen molar-refractivity contribution >= 4 is 5.91 Å². The minimum atomic E-state index is -0.0910. The monoisotopic (exact) mass is 326 g/mol. The van der Waals surface area contributed by atoms with E-state index >= 15 is 0 Å². The van der Waals surface area contributed by atoms with E-state index in [1.807, 2.05) is 18.7 Å². The van der Waals surface area contributed by atoms with Gasteiger partial charge in [0.15, 0.2) is 5.82 Å². The molecule has 24 heavy (non-hydrogen) atoms. The first-order chi connectivity index (χ1) is 11.5. The molecule has 1 aliphatic rings. The summed E-state index contributed by atoms with van der Waals surface area (Å²) >= 11 is 0. The number of likely N-dealkylation sites (tertiary alicyclic amines) is 1. The van der Waals surface area contributed by atoms with Crippen molar-refractivity contribution in [3.05, 3.63) is 35.2 Å². The molecule has 0 bridgehead atoms. The lowest BCUT2D eigenvalue weighted by Crippen LogP contribution is -2.39. The summed E-state index contributed by atoms with van der Waals surface area (Å²) in [6.07, 6.45) is 4.58. The van der Waals surface area contributed by atoms with Gasteiger partial charge in [-0.3, -0.25) is 9.89 Å². The van der Waals surface area contributed by atoms with Gasteiger partial charge < -0.3 is 9.47 Å². The van der Waals surface area contributed by atoms with Gasteiger partial charge in [0.2, 0.25) is 0 Å². The van der Waals surface area contributed by atoms with Crippen molar-refractivity contribution in [1.29, 1.82) is 5.26 Å². The molecule has 3 rings (SSSR count). The van der Waals surface area contributed by atoms with Gasteiger partial charge >= 0.3 is 0 Å². The maximum absolute atomic E-state index is 13.0. The van der Waals surface area contributed by atoms with Crippen LogP contribution in [0.2, 0.25) is 0 Å². The largest absolute Gasteiger partial charge is 0.345 e. The highest BCUT2D eigenvalue weighted by molar-refractivity contribution is 5.93. The Bertz CT molecular complexity index is 781. The van der Waals surface area contributed by atoms with Crippen LogP contribution in [0.1, 0.15) is 72.8 Å². The highest BCUT2D eigenvalue weighted by Gasteiger charge is 2.32. The number of H-pyrrole nitrogens is 1. The molecule has 2 aromatic rings. The summed E-state index contributed by atoms with van der Waals surface area (Å²) < 4.78 is 1.71. The van der Waals surface area contributed by atoms with Crippen LogP contribution in [-0.2, 0) is 7.05 Å². The SMILES string of the molecule is CC(C)c1n[nH]c(C2CCCCN2C(=O)c2cc(C#N)cn2C)n1. The van der Waals surface area contributed by atoms with E-state index in [9.17, 15) is 4.79 Å². The fraction of sp³-hybridized carbons (Fsp3) is 0.529. The Morgan fingerprint density at radius 3 is 2.88 bits per heavy atom. The molecule has 1 saturated heterocycles. The Labute approximate surface area is 141 Å². The molecule has 126 valence electrons. The summed E-state index contributed by atoms with van der Waals surface area (Å²) in [5, 5.41) is 16.3.